The van der Waals surface area contributed by atoms with Gasteiger partial charge >= 0.3 is 5.97 Å². The predicted octanol–water partition coefficient (Wildman–Crippen LogP) is 1.70. The van der Waals surface area contributed by atoms with E-state index in [4.69, 9.17) is 11.6 Å². The van der Waals surface area contributed by atoms with Gasteiger partial charge in [0, 0.05) is 23.0 Å². The van der Waals surface area contributed by atoms with Gasteiger partial charge in [-0.2, -0.15) is 0 Å². The minimum atomic E-state index is -1.40. The summed E-state index contributed by atoms with van der Waals surface area (Å²) >= 11 is 0. The minimum absolute atomic E-state index is 0.0193. The molecule has 8 heteroatoms. The first-order valence-electron chi connectivity index (χ1n) is 6.87. The molecule has 2 aromatic carbocycles. The number of hydrazine groups is 1. The van der Waals surface area contributed by atoms with E-state index in [-0.39, 0.29) is 11.1 Å². The number of nitrogens with zero attached hydrogens (tertiary/aromatic N) is 1. The molecule has 0 radical (unpaired) electrons. The van der Waals surface area contributed by atoms with Gasteiger partial charge in [0.1, 0.15) is 11.4 Å². The molecule has 7 nitrogen and oxygen atoms in total. The third-order valence-corrected chi connectivity index (χ3v) is 3.65. The number of anilines is 2. The summed E-state index contributed by atoms with van der Waals surface area (Å²) in [6.07, 6.45) is 1.19. The molecular formula is C16H13FN4O3. The number of nitrogens with two attached hydrogens (primary N) is 2. The number of halogens is 1. The molecule has 122 valence electrons. The summed E-state index contributed by atoms with van der Waals surface area (Å²) in [6, 6.07) is 8.88. The fourth-order valence-electron chi connectivity index (χ4n) is 2.46. The van der Waals surface area contributed by atoms with Crippen LogP contribution in [0.25, 0.3) is 16.6 Å². The summed E-state index contributed by atoms with van der Waals surface area (Å²) in [7, 11) is 0. The van der Waals surface area contributed by atoms with Gasteiger partial charge in [-0.25, -0.2) is 9.18 Å². The third kappa shape index (κ3) is 2.44. The molecular weight excluding hydrogens is 315 g/mol. The van der Waals surface area contributed by atoms with Gasteiger partial charge in [0.05, 0.1) is 11.2 Å². The van der Waals surface area contributed by atoms with E-state index in [1.54, 1.807) is 24.3 Å². The average Bonchev–Trinajstić information content (AvgIpc) is 2.56. The van der Waals surface area contributed by atoms with Gasteiger partial charge in [0.2, 0.25) is 5.43 Å². The summed E-state index contributed by atoms with van der Waals surface area (Å²) in [6.45, 7) is 0. The van der Waals surface area contributed by atoms with Crippen molar-refractivity contribution >= 4 is 28.2 Å². The molecule has 0 atom stereocenters. The molecule has 3 rings (SSSR count). The van der Waals surface area contributed by atoms with Crippen molar-refractivity contribution in [3.63, 3.8) is 0 Å². The smallest absolute Gasteiger partial charge is 0.341 e. The molecule has 0 saturated carbocycles. The van der Waals surface area contributed by atoms with Crippen molar-refractivity contribution in [3.8, 4) is 5.69 Å². The van der Waals surface area contributed by atoms with Crippen LogP contribution in [0.4, 0.5) is 15.8 Å². The molecule has 0 aliphatic heterocycles. The Kier molecular flexibility index (Phi) is 3.66. The van der Waals surface area contributed by atoms with Crippen LogP contribution in [0.15, 0.2) is 47.4 Å². The van der Waals surface area contributed by atoms with Crippen LogP contribution in [0.5, 0.6) is 0 Å². The fourth-order valence-corrected chi connectivity index (χ4v) is 2.46. The zero-order valence-corrected chi connectivity index (χ0v) is 12.3. The van der Waals surface area contributed by atoms with Gasteiger partial charge in [-0.3, -0.25) is 10.6 Å². The molecule has 0 fully saturated rings. The van der Waals surface area contributed by atoms with Crippen LogP contribution in [0.2, 0.25) is 0 Å². The molecule has 1 aromatic heterocycles. The van der Waals surface area contributed by atoms with E-state index >= 15 is 0 Å². The highest BCUT2D eigenvalue weighted by Crippen LogP contribution is 2.24. The Labute approximate surface area is 134 Å². The van der Waals surface area contributed by atoms with Crippen LogP contribution in [-0.4, -0.2) is 15.6 Å². The zero-order chi connectivity index (χ0) is 17.4. The van der Waals surface area contributed by atoms with Crippen LogP contribution >= 0.6 is 0 Å². The van der Waals surface area contributed by atoms with Crippen LogP contribution in [0.1, 0.15) is 10.4 Å². The molecule has 6 N–H and O–H groups in total. The number of hydrogen-bond donors (Lipinski definition) is 4. The van der Waals surface area contributed by atoms with Gasteiger partial charge in [0.25, 0.3) is 0 Å². The summed E-state index contributed by atoms with van der Waals surface area (Å²) < 4.78 is 15.4. The molecule has 0 bridgehead atoms. The van der Waals surface area contributed by atoms with E-state index in [1.807, 2.05) is 0 Å². The maximum Gasteiger partial charge on any atom is 0.341 e. The molecule has 0 aliphatic rings. The first-order chi connectivity index (χ1) is 11.4. The topological polar surface area (TPSA) is 123 Å². The quantitative estimate of drug-likeness (QED) is 0.330. The van der Waals surface area contributed by atoms with Crippen molar-refractivity contribution in [3.05, 3.63) is 64.2 Å². The van der Waals surface area contributed by atoms with E-state index in [0.717, 1.165) is 6.07 Å². The first-order valence-corrected chi connectivity index (χ1v) is 6.87. The predicted molar refractivity (Wildman–Crippen MR) is 88.7 cm³/mol. The number of fused-ring (bicyclic) bond motifs is 1. The van der Waals surface area contributed by atoms with E-state index in [0.29, 0.717) is 16.9 Å². The number of carbonyl (C=O) groups is 1. The largest absolute Gasteiger partial charge is 0.477 e. The number of pyridine rings is 1. The first kappa shape index (κ1) is 15.5. The zero-order valence-electron chi connectivity index (χ0n) is 12.3. The number of aromatic nitrogens is 1. The van der Waals surface area contributed by atoms with Gasteiger partial charge < -0.3 is 20.8 Å². The minimum Gasteiger partial charge on any atom is -0.477 e. The van der Waals surface area contributed by atoms with Gasteiger partial charge in [0.15, 0.2) is 0 Å². The molecule has 1 heterocycles. The number of carboxylic acid groups (broad SMARTS) is 1. The molecule has 0 spiro atoms. The second-order valence-electron chi connectivity index (χ2n) is 5.13. The van der Waals surface area contributed by atoms with Crippen molar-refractivity contribution in [2.24, 2.45) is 5.84 Å². The van der Waals surface area contributed by atoms with Gasteiger partial charge in [-0.15, -0.1) is 0 Å². The van der Waals surface area contributed by atoms with Gasteiger partial charge in [-0.05, 0) is 36.4 Å². The van der Waals surface area contributed by atoms with Crippen molar-refractivity contribution in [1.82, 2.24) is 4.57 Å². The Bertz CT molecular complexity index is 1010. The van der Waals surface area contributed by atoms with Crippen LogP contribution in [-0.2, 0) is 0 Å². The number of benzene rings is 2. The highest BCUT2D eigenvalue weighted by molar-refractivity contribution is 5.94. The lowest BCUT2D eigenvalue weighted by Gasteiger charge is -2.14. The summed E-state index contributed by atoms with van der Waals surface area (Å²) in [5.74, 6) is 3.13. The standard InChI is InChI=1S/C16H13FN4O3/c17-12-5-10-14(6-13(12)20-19)21(7-11(15(10)22)16(23)24)9-3-1-8(18)2-4-9/h1-7,20H,18-19H2,(H,23,24). The van der Waals surface area contributed by atoms with E-state index in [1.165, 1.54) is 16.8 Å². The van der Waals surface area contributed by atoms with E-state index in [2.05, 4.69) is 5.43 Å². The van der Waals surface area contributed by atoms with Crippen molar-refractivity contribution in [2.45, 2.75) is 0 Å². The lowest BCUT2D eigenvalue weighted by atomic mass is 10.1. The second kappa shape index (κ2) is 5.67. The SMILES string of the molecule is NNc1cc2c(cc1F)c(=O)c(C(=O)O)cn2-c1ccc(N)cc1. The number of carboxylic acids is 1. The normalized spacial score (nSPS) is 10.8. The second-order valence-corrected chi connectivity index (χ2v) is 5.13. The maximum atomic E-state index is 14.0. The number of nitrogens with one attached hydrogen (secondary N) is 1. The lowest BCUT2D eigenvalue weighted by molar-refractivity contribution is 0.0695. The average molecular weight is 328 g/mol. The van der Waals surface area contributed by atoms with E-state index < -0.39 is 22.8 Å². The number of hydrogen-bond acceptors (Lipinski definition) is 5. The lowest BCUT2D eigenvalue weighted by Crippen LogP contribution is -2.19. The van der Waals surface area contributed by atoms with E-state index in [9.17, 15) is 19.1 Å². The summed E-state index contributed by atoms with van der Waals surface area (Å²) in [5.41, 5.74) is 8.00. The monoisotopic (exact) mass is 328 g/mol. The van der Waals surface area contributed by atoms with Crippen molar-refractivity contribution < 1.29 is 14.3 Å². The molecule has 0 amide bonds. The molecule has 3 aromatic rings. The van der Waals surface area contributed by atoms with Crippen LogP contribution in [0.3, 0.4) is 0 Å². The Morgan fingerprint density at radius 1 is 1.21 bits per heavy atom. The van der Waals surface area contributed by atoms with Gasteiger partial charge in [-0.1, -0.05) is 0 Å². The van der Waals surface area contributed by atoms with Crippen LogP contribution in [0, 0.1) is 5.82 Å². The Morgan fingerprint density at radius 3 is 2.46 bits per heavy atom. The molecule has 24 heavy (non-hydrogen) atoms. The highest BCUT2D eigenvalue weighted by atomic mass is 19.1. The maximum absolute atomic E-state index is 14.0. The molecule has 0 aliphatic carbocycles. The van der Waals surface area contributed by atoms with Crippen molar-refractivity contribution in [1.29, 1.82) is 0 Å². The van der Waals surface area contributed by atoms with Crippen LogP contribution < -0.4 is 22.4 Å². The summed E-state index contributed by atoms with van der Waals surface area (Å²) in [5, 5.41) is 9.18. The number of aromatic carboxylic acids is 1. The third-order valence-electron chi connectivity index (χ3n) is 3.65. The Balaban J connectivity index is 2.45. The number of rotatable bonds is 3. The fraction of sp³-hybridized carbons (Fsp3) is 0. The highest BCUT2D eigenvalue weighted by Gasteiger charge is 2.17. The molecule has 0 unspecified atom stereocenters. The Morgan fingerprint density at radius 2 is 1.88 bits per heavy atom. The Hall–Kier alpha value is -3.39. The van der Waals surface area contributed by atoms with Crippen molar-refractivity contribution in [2.75, 3.05) is 11.2 Å². The summed E-state index contributed by atoms with van der Waals surface area (Å²) in [4.78, 5) is 23.7. The molecule has 0 saturated heterocycles. The number of nitrogen functional groups attached to an aromatic ring is 2.